The lowest BCUT2D eigenvalue weighted by Gasteiger charge is -2.15. The molecular formula is C13H16N6S. The number of fused-ring (bicyclic) bond motifs is 1. The Morgan fingerprint density at radius 3 is 2.80 bits per heavy atom. The lowest BCUT2D eigenvalue weighted by molar-refractivity contribution is 0.527. The Labute approximate surface area is 120 Å². The van der Waals surface area contributed by atoms with Gasteiger partial charge in [0, 0.05) is 17.0 Å². The highest BCUT2D eigenvalue weighted by molar-refractivity contribution is 7.09. The summed E-state index contributed by atoms with van der Waals surface area (Å²) in [7, 11) is 0. The summed E-state index contributed by atoms with van der Waals surface area (Å²) in [6.07, 6.45) is 1.80. The van der Waals surface area contributed by atoms with Gasteiger partial charge < -0.3 is 5.32 Å². The monoisotopic (exact) mass is 288 g/mol. The molecule has 0 radical (unpaired) electrons. The zero-order valence-electron chi connectivity index (χ0n) is 11.7. The standard InChI is InChI=1S/C13H16N6S/c1-13(2,3)12-17-16-10-5-4-9(18-19(10)12)15-8-11-14-6-7-20-11/h4-7H,8H2,1-3H3,(H,15,18). The van der Waals surface area contributed by atoms with Crippen molar-refractivity contribution >= 4 is 22.8 Å². The molecule has 3 aromatic rings. The molecule has 3 rings (SSSR count). The number of nitrogens with zero attached hydrogens (tertiary/aromatic N) is 5. The van der Waals surface area contributed by atoms with Crippen LogP contribution in [0.25, 0.3) is 5.65 Å². The predicted molar refractivity (Wildman–Crippen MR) is 78.9 cm³/mol. The fourth-order valence-electron chi connectivity index (χ4n) is 1.86. The summed E-state index contributed by atoms with van der Waals surface area (Å²) < 4.78 is 1.80. The Morgan fingerprint density at radius 1 is 1.25 bits per heavy atom. The van der Waals surface area contributed by atoms with E-state index < -0.39 is 0 Å². The molecule has 0 spiro atoms. The van der Waals surface area contributed by atoms with Crippen LogP contribution in [0.2, 0.25) is 0 Å². The van der Waals surface area contributed by atoms with Crippen molar-refractivity contribution < 1.29 is 0 Å². The molecule has 0 aromatic carbocycles. The van der Waals surface area contributed by atoms with E-state index >= 15 is 0 Å². The van der Waals surface area contributed by atoms with Gasteiger partial charge in [-0.2, -0.15) is 4.52 Å². The predicted octanol–water partition coefficient (Wildman–Crippen LogP) is 2.49. The molecule has 7 heteroatoms. The van der Waals surface area contributed by atoms with E-state index in [1.54, 1.807) is 22.0 Å². The maximum absolute atomic E-state index is 4.56. The minimum atomic E-state index is -0.0969. The van der Waals surface area contributed by atoms with Gasteiger partial charge in [-0.15, -0.1) is 26.6 Å². The zero-order chi connectivity index (χ0) is 14.2. The van der Waals surface area contributed by atoms with E-state index in [4.69, 9.17) is 0 Å². The Morgan fingerprint density at radius 2 is 2.10 bits per heavy atom. The largest absolute Gasteiger partial charge is 0.362 e. The number of aromatic nitrogens is 5. The van der Waals surface area contributed by atoms with Gasteiger partial charge in [-0.25, -0.2) is 4.98 Å². The van der Waals surface area contributed by atoms with Crippen molar-refractivity contribution in [2.75, 3.05) is 5.32 Å². The van der Waals surface area contributed by atoms with Gasteiger partial charge in [-0.1, -0.05) is 20.8 Å². The first-order chi connectivity index (χ1) is 9.54. The molecule has 0 saturated heterocycles. The smallest absolute Gasteiger partial charge is 0.178 e. The summed E-state index contributed by atoms with van der Waals surface area (Å²) in [4.78, 5) is 4.24. The minimum Gasteiger partial charge on any atom is -0.362 e. The number of rotatable bonds is 3. The first kappa shape index (κ1) is 13.0. The Hall–Kier alpha value is -2.02. The topological polar surface area (TPSA) is 68.0 Å². The van der Waals surface area contributed by atoms with E-state index in [-0.39, 0.29) is 5.41 Å². The van der Waals surface area contributed by atoms with Crippen molar-refractivity contribution in [1.82, 2.24) is 24.8 Å². The third-order valence-corrected chi connectivity index (χ3v) is 3.62. The van der Waals surface area contributed by atoms with Crippen molar-refractivity contribution in [2.24, 2.45) is 0 Å². The van der Waals surface area contributed by atoms with Crippen LogP contribution in [0.1, 0.15) is 31.6 Å². The van der Waals surface area contributed by atoms with Gasteiger partial charge >= 0.3 is 0 Å². The molecule has 1 N–H and O–H groups in total. The molecule has 0 fully saturated rings. The van der Waals surface area contributed by atoms with Gasteiger partial charge in [0.15, 0.2) is 11.5 Å². The van der Waals surface area contributed by atoms with E-state index in [0.29, 0.717) is 6.54 Å². The van der Waals surface area contributed by atoms with E-state index in [1.165, 1.54) is 0 Å². The van der Waals surface area contributed by atoms with Gasteiger partial charge in [-0.3, -0.25) is 0 Å². The summed E-state index contributed by atoms with van der Waals surface area (Å²) >= 11 is 1.62. The molecule has 0 bridgehead atoms. The number of anilines is 1. The quantitative estimate of drug-likeness (QED) is 0.802. The number of hydrogen-bond acceptors (Lipinski definition) is 6. The van der Waals surface area contributed by atoms with E-state index in [1.807, 2.05) is 17.5 Å². The van der Waals surface area contributed by atoms with Crippen LogP contribution in [0.4, 0.5) is 5.82 Å². The molecule has 6 nitrogen and oxygen atoms in total. The van der Waals surface area contributed by atoms with Crippen LogP contribution < -0.4 is 5.32 Å². The summed E-state index contributed by atoms with van der Waals surface area (Å²) in [6, 6.07) is 3.82. The first-order valence-electron chi connectivity index (χ1n) is 6.39. The lowest BCUT2D eigenvalue weighted by Crippen LogP contribution is -2.17. The maximum Gasteiger partial charge on any atom is 0.178 e. The van der Waals surface area contributed by atoms with Crippen LogP contribution in [0.3, 0.4) is 0 Å². The van der Waals surface area contributed by atoms with Gasteiger partial charge in [-0.05, 0) is 12.1 Å². The number of thiazole rings is 1. The van der Waals surface area contributed by atoms with Crippen molar-refractivity contribution in [1.29, 1.82) is 0 Å². The highest BCUT2D eigenvalue weighted by Gasteiger charge is 2.21. The molecule has 0 aliphatic rings. The highest BCUT2D eigenvalue weighted by atomic mass is 32.1. The normalized spacial score (nSPS) is 11.9. The lowest BCUT2D eigenvalue weighted by atomic mass is 9.96. The maximum atomic E-state index is 4.56. The summed E-state index contributed by atoms with van der Waals surface area (Å²) in [5, 5.41) is 19.2. The first-order valence-corrected chi connectivity index (χ1v) is 7.27. The average Bonchev–Trinajstić information content (AvgIpc) is 3.04. The Bertz CT molecular complexity index is 710. The van der Waals surface area contributed by atoms with Crippen LogP contribution in [0.15, 0.2) is 23.7 Å². The molecule has 0 aliphatic carbocycles. The van der Waals surface area contributed by atoms with Gasteiger partial charge in [0.25, 0.3) is 0 Å². The molecule has 20 heavy (non-hydrogen) atoms. The van der Waals surface area contributed by atoms with E-state index in [0.717, 1.165) is 22.3 Å². The summed E-state index contributed by atoms with van der Waals surface area (Å²) in [5.41, 5.74) is 0.662. The van der Waals surface area contributed by atoms with Crippen molar-refractivity contribution in [2.45, 2.75) is 32.7 Å². The summed E-state index contributed by atoms with van der Waals surface area (Å²) in [5.74, 6) is 1.64. The van der Waals surface area contributed by atoms with Crippen LogP contribution in [-0.4, -0.2) is 24.8 Å². The van der Waals surface area contributed by atoms with E-state index in [2.05, 4.69) is 46.4 Å². The SMILES string of the molecule is CC(C)(C)c1nnc2ccc(NCc3nccs3)nn12. The van der Waals surface area contributed by atoms with Crippen LogP contribution >= 0.6 is 11.3 Å². The average molecular weight is 288 g/mol. The van der Waals surface area contributed by atoms with Crippen LogP contribution in [-0.2, 0) is 12.0 Å². The molecule has 3 aromatic heterocycles. The fourth-order valence-corrected chi connectivity index (χ4v) is 2.41. The van der Waals surface area contributed by atoms with Crippen molar-refractivity contribution in [3.05, 3.63) is 34.5 Å². The molecule has 0 amide bonds. The molecule has 0 atom stereocenters. The molecule has 0 aliphatic heterocycles. The van der Waals surface area contributed by atoms with Gasteiger partial charge in [0.2, 0.25) is 0 Å². The molecule has 0 unspecified atom stereocenters. The summed E-state index contributed by atoms with van der Waals surface area (Å²) in [6.45, 7) is 6.96. The molecule has 0 saturated carbocycles. The second-order valence-corrected chi connectivity index (χ2v) is 6.52. The molecular weight excluding hydrogens is 272 g/mol. The van der Waals surface area contributed by atoms with Crippen LogP contribution in [0.5, 0.6) is 0 Å². The Kier molecular flexibility index (Phi) is 3.13. The second-order valence-electron chi connectivity index (χ2n) is 5.54. The molecule has 3 heterocycles. The molecule has 104 valence electrons. The Balaban J connectivity index is 1.89. The third-order valence-electron chi connectivity index (χ3n) is 2.84. The minimum absolute atomic E-state index is 0.0969. The van der Waals surface area contributed by atoms with Crippen molar-refractivity contribution in [3.63, 3.8) is 0 Å². The third kappa shape index (κ3) is 2.49. The second kappa shape index (κ2) is 4.82. The van der Waals surface area contributed by atoms with Crippen LogP contribution in [0, 0.1) is 0 Å². The fraction of sp³-hybridized carbons (Fsp3) is 0.385. The number of nitrogens with one attached hydrogen (secondary N) is 1. The number of hydrogen-bond donors (Lipinski definition) is 1. The highest BCUT2D eigenvalue weighted by Crippen LogP contribution is 2.20. The zero-order valence-corrected chi connectivity index (χ0v) is 12.5. The van der Waals surface area contributed by atoms with Gasteiger partial charge in [0.1, 0.15) is 10.8 Å². The van der Waals surface area contributed by atoms with E-state index in [9.17, 15) is 0 Å². The van der Waals surface area contributed by atoms with Crippen molar-refractivity contribution in [3.8, 4) is 0 Å². The van der Waals surface area contributed by atoms with Gasteiger partial charge in [0.05, 0.1) is 6.54 Å².